The normalized spacial score (nSPS) is 11.7. The maximum Gasteiger partial charge on any atom is 0.416 e. The first kappa shape index (κ1) is 15.1. The van der Waals surface area contributed by atoms with Gasteiger partial charge in [0.1, 0.15) is 0 Å². The highest BCUT2D eigenvalue weighted by molar-refractivity contribution is 9.11. The molecule has 100 valence electrons. The predicted molar refractivity (Wildman–Crippen MR) is 80.0 cm³/mol. The van der Waals surface area contributed by atoms with E-state index in [0.29, 0.717) is 15.6 Å². The van der Waals surface area contributed by atoms with Gasteiger partial charge in [-0.2, -0.15) is 13.2 Å². The molecule has 0 bridgehead atoms. The van der Waals surface area contributed by atoms with E-state index in [1.165, 1.54) is 6.07 Å². The van der Waals surface area contributed by atoms with E-state index in [4.69, 9.17) is 0 Å². The average molecular weight is 459 g/mol. The fraction of sp³-hybridized carbons (Fsp3) is 0.0769. The monoisotopic (exact) mass is 456 g/mol. The molecule has 2 rings (SSSR count). The molecule has 0 radical (unpaired) electrons. The van der Waals surface area contributed by atoms with Gasteiger partial charge < -0.3 is 0 Å². The van der Waals surface area contributed by atoms with Crippen LogP contribution in [0.1, 0.15) is 5.56 Å². The van der Waals surface area contributed by atoms with Crippen LogP contribution in [0.5, 0.6) is 0 Å². The van der Waals surface area contributed by atoms with Crippen LogP contribution in [0.15, 0.2) is 49.8 Å². The van der Waals surface area contributed by atoms with Gasteiger partial charge in [0.05, 0.1) is 5.56 Å². The van der Waals surface area contributed by atoms with E-state index in [2.05, 4.69) is 47.8 Å². The fourth-order valence-corrected chi connectivity index (χ4v) is 3.52. The standard InChI is InChI=1S/C13H6Br3F3/c14-9-5-4-7(13(17,18)19)6-8(9)12-10(15)2-1-3-11(12)16/h1-6H. The Morgan fingerprint density at radius 3 is 1.89 bits per heavy atom. The van der Waals surface area contributed by atoms with Crippen molar-refractivity contribution >= 4 is 47.8 Å². The van der Waals surface area contributed by atoms with Crippen LogP contribution >= 0.6 is 47.8 Å². The molecule has 0 nitrogen and oxygen atoms in total. The maximum atomic E-state index is 12.8. The Balaban J connectivity index is 2.69. The largest absolute Gasteiger partial charge is 0.416 e. The molecule has 0 aliphatic carbocycles. The molecule has 2 aromatic carbocycles. The molecule has 0 heterocycles. The molecule has 0 N–H and O–H groups in total. The summed E-state index contributed by atoms with van der Waals surface area (Å²) in [6, 6.07) is 8.97. The Labute approximate surface area is 133 Å². The van der Waals surface area contributed by atoms with E-state index in [1.807, 2.05) is 0 Å². The van der Waals surface area contributed by atoms with Crippen molar-refractivity contribution in [2.75, 3.05) is 0 Å². The lowest BCUT2D eigenvalue weighted by atomic mass is 10.0. The van der Waals surface area contributed by atoms with E-state index in [-0.39, 0.29) is 0 Å². The van der Waals surface area contributed by atoms with Gasteiger partial charge in [-0.3, -0.25) is 0 Å². The Morgan fingerprint density at radius 1 is 0.789 bits per heavy atom. The van der Waals surface area contributed by atoms with Crippen molar-refractivity contribution in [2.45, 2.75) is 6.18 Å². The van der Waals surface area contributed by atoms with E-state index in [9.17, 15) is 13.2 Å². The third-order valence-electron chi connectivity index (χ3n) is 2.53. The van der Waals surface area contributed by atoms with Gasteiger partial charge in [0.25, 0.3) is 0 Å². The Kier molecular flexibility index (Phi) is 4.42. The SMILES string of the molecule is FC(F)(F)c1ccc(Br)c(-c2c(Br)cccc2Br)c1. The maximum absolute atomic E-state index is 12.8. The van der Waals surface area contributed by atoms with Crippen LogP contribution in [0.4, 0.5) is 13.2 Å². The summed E-state index contributed by atoms with van der Waals surface area (Å²) >= 11 is 10.0. The molecule has 0 saturated carbocycles. The molecule has 2 aromatic rings. The lowest BCUT2D eigenvalue weighted by molar-refractivity contribution is -0.137. The highest BCUT2D eigenvalue weighted by Gasteiger charge is 2.31. The summed E-state index contributed by atoms with van der Waals surface area (Å²) in [6.45, 7) is 0. The highest BCUT2D eigenvalue weighted by atomic mass is 79.9. The molecule has 6 heteroatoms. The van der Waals surface area contributed by atoms with Crippen LogP contribution < -0.4 is 0 Å². The second-order valence-corrected chi connectivity index (χ2v) is 6.35. The van der Waals surface area contributed by atoms with Crippen molar-refractivity contribution < 1.29 is 13.2 Å². The molecule has 0 fully saturated rings. The van der Waals surface area contributed by atoms with Crippen molar-refractivity contribution in [3.05, 3.63) is 55.4 Å². The van der Waals surface area contributed by atoms with E-state index < -0.39 is 11.7 Å². The van der Waals surface area contributed by atoms with Crippen LogP contribution in [-0.4, -0.2) is 0 Å². The second kappa shape index (κ2) is 5.58. The molecule has 19 heavy (non-hydrogen) atoms. The van der Waals surface area contributed by atoms with Gasteiger partial charge in [0, 0.05) is 19.0 Å². The van der Waals surface area contributed by atoms with Gasteiger partial charge in [-0.25, -0.2) is 0 Å². The van der Waals surface area contributed by atoms with Crippen LogP contribution in [0.3, 0.4) is 0 Å². The summed E-state index contributed by atoms with van der Waals surface area (Å²) in [4.78, 5) is 0. The summed E-state index contributed by atoms with van der Waals surface area (Å²) in [6.07, 6.45) is -4.36. The summed E-state index contributed by atoms with van der Waals surface area (Å²) in [5, 5.41) is 0. The Bertz CT molecular complexity index is 601. The van der Waals surface area contributed by atoms with Crippen LogP contribution in [0.2, 0.25) is 0 Å². The number of halogens is 6. The minimum atomic E-state index is -4.36. The smallest absolute Gasteiger partial charge is 0.166 e. The molecular formula is C13H6Br3F3. The zero-order valence-electron chi connectivity index (χ0n) is 9.23. The topological polar surface area (TPSA) is 0 Å². The number of rotatable bonds is 1. The minimum absolute atomic E-state index is 0.481. The third kappa shape index (κ3) is 3.23. The van der Waals surface area contributed by atoms with Crippen LogP contribution in [0, 0.1) is 0 Å². The van der Waals surface area contributed by atoms with Crippen molar-refractivity contribution in [1.29, 1.82) is 0 Å². The first-order valence-corrected chi connectivity index (χ1v) is 7.49. The van der Waals surface area contributed by atoms with Crippen molar-refractivity contribution in [3.8, 4) is 11.1 Å². The van der Waals surface area contributed by atoms with Crippen LogP contribution in [0.25, 0.3) is 11.1 Å². The fourth-order valence-electron chi connectivity index (χ4n) is 1.65. The zero-order valence-corrected chi connectivity index (χ0v) is 14.0. The summed E-state index contributed by atoms with van der Waals surface area (Å²) in [5.74, 6) is 0. The van der Waals surface area contributed by atoms with Gasteiger partial charge >= 0.3 is 6.18 Å². The highest BCUT2D eigenvalue weighted by Crippen LogP contribution is 2.41. The van der Waals surface area contributed by atoms with Crippen molar-refractivity contribution in [2.24, 2.45) is 0 Å². The number of hydrogen-bond acceptors (Lipinski definition) is 0. The molecule has 0 amide bonds. The lowest BCUT2D eigenvalue weighted by Crippen LogP contribution is -2.05. The molecule has 0 aliphatic heterocycles. The average Bonchev–Trinajstić information content (AvgIpc) is 2.29. The molecule has 0 unspecified atom stereocenters. The molecule has 0 atom stereocenters. The zero-order chi connectivity index (χ0) is 14.2. The first-order valence-electron chi connectivity index (χ1n) is 5.12. The van der Waals surface area contributed by atoms with Gasteiger partial charge in [0.15, 0.2) is 0 Å². The Morgan fingerprint density at radius 2 is 1.37 bits per heavy atom. The molecule has 0 saturated heterocycles. The predicted octanol–water partition coefficient (Wildman–Crippen LogP) is 6.66. The molecule has 0 aliphatic rings. The lowest BCUT2D eigenvalue weighted by Gasteiger charge is -2.13. The van der Waals surface area contributed by atoms with E-state index in [1.54, 1.807) is 18.2 Å². The summed E-state index contributed by atoms with van der Waals surface area (Å²) in [7, 11) is 0. The van der Waals surface area contributed by atoms with E-state index in [0.717, 1.165) is 21.1 Å². The number of hydrogen-bond donors (Lipinski definition) is 0. The van der Waals surface area contributed by atoms with Gasteiger partial charge in [-0.1, -0.05) is 53.9 Å². The number of benzene rings is 2. The van der Waals surface area contributed by atoms with Gasteiger partial charge in [-0.15, -0.1) is 0 Å². The van der Waals surface area contributed by atoms with Crippen molar-refractivity contribution in [1.82, 2.24) is 0 Å². The Hall–Kier alpha value is -0.330. The number of alkyl halides is 3. The quantitative estimate of drug-likeness (QED) is 0.448. The minimum Gasteiger partial charge on any atom is -0.166 e. The molecule has 0 aromatic heterocycles. The molecular weight excluding hydrogens is 453 g/mol. The summed E-state index contributed by atoms with van der Waals surface area (Å²) in [5.41, 5.74) is 0.489. The van der Waals surface area contributed by atoms with Crippen LogP contribution in [-0.2, 0) is 6.18 Å². The third-order valence-corrected chi connectivity index (χ3v) is 4.54. The second-order valence-electron chi connectivity index (χ2n) is 3.79. The van der Waals surface area contributed by atoms with Gasteiger partial charge in [-0.05, 0) is 35.9 Å². The van der Waals surface area contributed by atoms with Gasteiger partial charge in [0.2, 0.25) is 0 Å². The molecule has 0 spiro atoms. The first-order chi connectivity index (χ1) is 8.80. The summed E-state index contributed by atoms with van der Waals surface area (Å²) < 4.78 is 40.4. The van der Waals surface area contributed by atoms with Crippen molar-refractivity contribution in [3.63, 3.8) is 0 Å². The van der Waals surface area contributed by atoms with E-state index >= 15 is 0 Å².